The van der Waals surface area contributed by atoms with E-state index in [2.05, 4.69) is 11.8 Å². The predicted octanol–water partition coefficient (Wildman–Crippen LogP) is 1.48. The maximum Gasteiger partial charge on any atom is 0.138 e. The molecule has 3 heteroatoms. The molecule has 2 nitrogen and oxygen atoms in total. The number of piperidine rings is 2. The molecule has 0 amide bonds. The molecule has 0 aliphatic carbocycles. The number of Topliss-reactive ketones (excluding diaryl/α,β-unsaturated/α-hetero) is 1. The van der Waals surface area contributed by atoms with Crippen molar-refractivity contribution < 1.29 is 4.79 Å². The third-order valence-corrected chi connectivity index (χ3v) is 3.03. The van der Waals surface area contributed by atoms with Gasteiger partial charge in [-0.25, -0.2) is 0 Å². The van der Waals surface area contributed by atoms with Crippen LogP contribution in [0.25, 0.3) is 0 Å². The summed E-state index contributed by atoms with van der Waals surface area (Å²) in [4.78, 5) is 13.8. The van der Waals surface area contributed by atoms with E-state index in [1.54, 1.807) is 0 Å². The summed E-state index contributed by atoms with van der Waals surface area (Å²) in [5.41, 5.74) is 0. The molecule has 0 spiro atoms. The summed E-state index contributed by atoms with van der Waals surface area (Å²) < 4.78 is 0. The molecule has 2 saturated heterocycles. The average molecular weight is 190 g/mol. The molecule has 3 atom stereocenters. The van der Waals surface area contributed by atoms with E-state index >= 15 is 0 Å². The van der Waals surface area contributed by atoms with Crippen LogP contribution in [0.1, 0.15) is 26.2 Å². The van der Waals surface area contributed by atoms with Gasteiger partial charge in [0.05, 0.1) is 0 Å². The van der Waals surface area contributed by atoms with Crippen LogP contribution in [0.2, 0.25) is 0 Å². The van der Waals surface area contributed by atoms with E-state index < -0.39 is 0 Å². The summed E-state index contributed by atoms with van der Waals surface area (Å²) in [6.45, 7) is 4.42. The van der Waals surface area contributed by atoms with E-state index in [-0.39, 0.29) is 12.4 Å². The number of hydrogen-bond acceptors (Lipinski definition) is 2. The highest BCUT2D eigenvalue weighted by Crippen LogP contribution is 2.26. The lowest BCUT2D eigenvalue weighted by molar-refractivity contribution is -0.130. The van der Waals surface area contributed by atoms with Gasteiger partial charge >= 0.3 is 0 Å². The van der Waals surface area contributed by atoms with Crippen molar-refractivity contribution in [1.82, 2.24) is 4.90 Å². The number of carbonyl (C=O) groups is 1. The fraction of sp³-hybridized carbons (Fsp3) is 0.889. The minimum absolute atomic E-state index is 0. The van der Waals surface area contributed by atoms with E-state index in [1.807, 2.05) is 0 Å². The van der Waals surface area contributed by atoms with Gasteiger partial charge in [0.2, 0.25) is 0 Å². The van der Waals surface area contributed by atoms with Crippen molar-refractivity contribution in [2.24, 2.45) is 5.92 Å². The van der Waals surface area contributed by atoms with Crippen molar-refractivity contribution in [3.8, 4) is 0 Å². The molecule has 0 radical (unpaired) electrons. The summed E-state index contributed by atoms with van der Waals surface area (Å²) in [6, 6.07) is 0.513. The summed E-state index contributed by atoms with van der Waals surface area (Å²) in [6.07, 6.45) is 3.16. The second kappa shape index (κ2) is 3.75. The van der Waals surface area contributed by atoms with Crippen LogP contribution in [-0.4, -0.2) is 29.8 Å². The summed E-state index contributed by atoms with van der Waals surface area (Å²) >= 11 is 0. The fourth-order valence-corrected chi connectivity index (χ4v) is 2.26. The van der Waals surface area contributed by atoms with Gasteiger partial charge in [-0.2, -0.15) is 0 Å². The van der Waals surface area contributed by atoms with Gasteiger partial charge in [-0.05, 0) is 26.3 Å². The average Bonchev–Trinajstić information content (AvgIpc) is 2.02. The van der Waals surface area contributed by atoms with Gasteiger partial charge < -0.3 is 0 Å². The summed E-state index contributed by atoms with van der Waals surface area (Å²) in [7, 11) is 0. The second-order valence-electron chi connectivity index (χ2n) is 3.85. The fourth-order valence-electron chi connectivity index (χ4n) is 2.26. The number of carbonyl (C=O) groups excluding carboxylic acids is 1. The van der Waals surface area contributed by atoms with E-state index in [0.717, 1.165) is 19.4 Å². The van der Waals surface area contributed by atoms with E-state index in [4.69, 9.17) is 0 Å². The molecule has 3 unspecified atom stereocenters. The third-order valence-electron chi connectivity index (χ3n) is 3.03. The Balaban J connectivity index is 0.000000720. The third kappa shape index (κ3) is 1.64. The van der Waals surface area contributed by atoms with Crippen molar-refractivity contribution in [3.05, 3.63) is 0 Å². The van der Waals surface area contributed by atoms with Crippen molar-refractivity contribution in [2.45, 2.75) is 32.2 Å². The van der Waals surface area contributed by atoms with E-state index in [1.165, 1.54) is 13.0 Å². The van der Waals surface area contributed by atoms with Crippen LogP contribution in [0.4, 0.5) is 0 Å². The smallest absolute Gasteiger partial charge is 0.138 e. The first kappa shape index (κ1) is 10.0. The van der Waals surface area contributed by atoms with Gasteiger partial charge in [-0.3, -0.25) is 9.69 Å². The molecule has 2 heterocycles. The zero-order valence-electron chi connectivity index (χ0n) is 7.45. The maximum atomic E-state index is 11.4. The predicted molar refractivity (Wildman–Crippen MR) is 50.6 cm³/mol. The number of hydrogen-bond donors (Lipinski definition) is 0. The Morgan fingerprint density at radius 1 is 1.50 bits per heavy atom. The highest BCUT2D eigenvalue weighted by atomic mass is 35.5. The number of nitrogens with zero attached hydrogens (tertiary/aromatic N) is 1. The van der Waals surface area contributed by atoms with Crippen molar-refractivity contribution in [3.63, 3.8) is 0 Å². The molecule has 0 aromatic heterocycles. The molecule has 0 N–H and O–H groups in total. The molecule has 2 aliphatic heterocycles. The van der Waals surface area contributed by atoms with Crippen LogP contribution in [0.5, 0.6) is 0 Å². The van der Waals surface area contributed by atoms with Crippen molar-refractivity contribution >= 4 is 18.2 Å². The molecule has 12 heavy (non-hydrogen) atoms. The Morgan fingerprint density at radius 2 is 2.25 bits per heavy atom. The van der Waals surface area contributed by atoms with E-state index in [9.17, 15) is 4.79 Å². The zero-order chi connectivity index (χ0) is 7.84. The molecule has 0 saturated carbocycles. The van der Waals surface area contributed by atoms with Gasteiger partial charge in [-0.1, -0.05) is 0 Å². The lowest BCUT2D eigenvalue weighted by Gasteiger charge is -2.40. The van der Waals surface area contributed by atoms with Gasteiger partial charge in [0.15, 0.2) is 0 Å². The Labute approximate surface area is 79.7 Å². The van der Waals surface area contributed by atoms with Crippen molar-refractivity contribution in [1.29, 1.82) is 0 Å². The summed E-state index contributed by atoms with van der Waals surface area (Å²) in [5.74, 6) is 0.897. The molecule has 70 valence electrons. The van der Waals surface area contributed by atoms with Crippen LogP contribution in [0.3, 0.4) is 0 Å². The normalized spacial score (nSPS) is 40.4. The van der Waals surface area contributed by atoms with Crippen LogP contribution >= 0.6 is 12.4 Å². The Kier molecular flexibility index (Phi) is 3.13. The molecule has 0 aromatic rings. The topological polar surface area (TPSA) is 20.3 Å². The molecule has 2 rings (SSSR count). The van der Waals surface area contributed by atoms with Crippen LogP contribution in [-0.2, 0) is 4.79 Å². The van der Waals surface area contributed by atoms with Gasteiger partial charge in [0, 0.05) is 24.9 Å². The SMILES string of the molecule is CC1CC(=O)C2CCCN1C2.Cl. The van der Waals surface area contributed by atoms with Crippen LogP contribution in [0.15, 0.2) is 0 Å². The zero-order valence-corrected chi connectivity index (χ0v) is 8.27. The highest BCUT2D eigenvalue weighted by Gasteiger charge is 2.34. The lowest BCUT2D eigenvalue weighted by Crippen LogP contribution is -2.49. The quantitative estimate of drug-likeness (QED) is 0.576. The minimum atomic E-state index is 0. The first-order valence-electron chi connectivity index (χ1n) is 4.54. The monoisotopic (exact) mass is 189 g/mol. The molecule has 0 aromatic carbocycles. The largest absolute Gasteiger partial charge is 0.300 e. The Hall–Kier alpha value is -0.0800. The van der Waals surface area contributed by atoms with Gasteiger partial charge in [0.25, 0.3) is 0 Å². The molecule has 2 aliphatic rings. The Morgan fingerprint density at radius 3 is 3.00 bits per heavy atom. The Bertz CT molecular complexity index is 183. The number of halogens is 1. The standard InChI is InChI=1S/C9H15NO.ClH/c1-7-5-9(11)8-3-2-4-10(7)6-8;/h7-8H,2-6H2,1H3;1H. The van der Waals surface area contributed by atoms with Gasteiger partial charge in [0.1, 0.15) is 5.78 Å². The molecular formula is C9H16ClNO. The van der Waals surface area contributed by atoms with Crippen LogP contribution in [0, 0.1) is 5.92 Å². The van der Waals surface area contributed by atoms with E-state index in [0.29, 0.717) is 17.7 Å². The number of rotatable bonds is 0. The molecule has 2 bridgehead atoms. The first-order valence-corrected chi connectivity index (χ1v) is 4.54. The number of ketones is 1. The summed E-state index contributed by atoms with van der Waals surface area (Å²) in [5, 5.41) is 0. The molecular weight excluding hydrogens is 174 g/mol. The lowest BCUT2D eigenvalue weighted by atomic mass is 9.85. The molecule has 2 fully saturated rings. The second-order valence-corrected chi connectivity index (χ2v) is 3.85. The number of fused-ring (bicyclic) bond motifs is 2. The van der Waals surface area contributed by atoms with Crippen LogP contribution < -0.4 is 0 Å². The van der Waals surface area contributed by atoms with Crippen molar-refractivity contribution in [2.75, 3.05) is 13.1 Å². The maximum absolute atomic E-state index is 11.4. The van der Waals surface area contributed by atoms with Gasteiger partial charge in [-0.15, -0.1) is 12.4 Å². The minimum Gasteiger partial charge on any atom is -0.300 e. The first-order chi connectivity index (χ1) is 5.27. The highest BCUT2D eigenvalue weighted by molar-refractivity contribution is 5.85.